The first-order chi connectivity index (χ1) is 5.36. The highest BCUT2D eigenvalue weighted by Crippen LogP contribution is 2.20. The fraction of sp³-hybridized carbons (Fsp3) is 0.500. The summed E-state index contributed by atoms with van der Waals surface area (Å²) in [6.45, 7) is 4.49. The van der Waals surface area contributed by atoms with Crippen molar-refractivity contribution in [2.45, 2.75) is 6.92 Å². The van der Waals surface area contributed by atoms with Crippen LogP contribution < -0.4 is 4.90 Å². The van der Waals surface area contributed by atoms with Gasteiger partial charge in [0.25, 0.3) is 0 Å². The van der Waals surface area contributed by atoms with Crippen molar-refractivity contribution in [3.63, 3.8) is 0 Å². The molecule has 1 saturated heterocycles. The van der Waals surface area contributed by atoms with Crippen LogP contribution in [0.4, 0.5) is 5.82 Å². The zero-order chi connectivity index (χ0) is 7.68. The standard InChI is InChI=1S/C8H11N3/c1-7-5-11(6-7)8-4-9-2-3-10-8/h2-4,7H,5-6H2,1H3. The lowest BCUT2D eigenvalue weighted by Crippen LogP contribution is -2.45. The average molecular weight is 149 g/mol. The molecule has 1 aliphatic rings. The Morgan fingerprint density at radius 2 is 2.27 bits per heavy atom. The van der Waals surface area contributed by atoms with E-state index in [-0.39, 0.29) is 0 Å². The molecule has 1 fully saturated rings. The minimum absolute atomic E-state index is 0.817. The van der Waals surface area contributed by atoms with Crippen molar-refractivity contribution in [2.75, 3.05) is 18.0 Å². The Kier molecular flexibility index (Phi) is 1.49. The lowest BCUT2D eigenvalue weighted by molar-refractivity contribution is 0.443. The zero-order valence-electron chi connectivity index (χ0n) is 6.57. The summed E-state index contributed by atoms with van der Waals surface area (Å²) in [6.07, 6.45) is 5.25. The third kappa shape index (κ3) is 1.18. The molecule has 0 radical (unpaired) electrons. The van der Waals surface area contributed by atoms with Crippen molar-refractivity contribution >= 4 is 5.82 Å². The number of rotatable bonds is 1. The van der Waals surface area contributed by atoms with E-state index in [1.165, 1.54) is 0 Å². The Bertz CT molecular complexity index is 228. The minimum atomic E-state index is 0.817. The van der Waals surface area contributed by atoms with Crippen molar-refractivity contribution in [3.05, 3.63) is 18.6 Å². The van der Waals surface area contributed by atoms with Crippen molar-refractivity contribution in [1.82, 2.24) is 9.97 Å². The molecule has 0 atom stereocenters. The highest BCUT2D eigenvalue weighted by Gasteiger charge is 2.23. The third-order valence-electron chi connectivity index (χ3n) is 1.94. The number of aromatic nitrogens is 2. The molecule has 1 aromatic rings. The highest BCUT2D eigenvalue weighted by molar-refractivity contribution is 5.38. The van der Waals surface area contributed by atoms with E-state index in [0.29, 0.717) is 0 Å². The first-order valence-electron chi connectivity index (χ1n) is 3.87. The molecule has 0 bridgehead atoms. The first kappa shape index (κ1) is 6.58. The zero-order valence-corrected chi connectivity index (χ0v) is 6.57. The van der Waals surface area contributed by atoms with Crippen LogP contribution >= 0.6 is 0 Å². The average Bonchev–Trinajstić information content (AvgIpc) is 2.01. The molecule has 0 saturated carbocycles. The Morgan fingerprint density at radius 3 is 2.82 bits per heavy atom. The van der Waals surface area contributed by atoms with Gasteiger partial charge in [-0.25, -0.2) is 4.98 Å². The van der Waals surface area contributed by atoms with Gasteiger partial charge in [-0.1, -0.05) is 6.92 Å². The predicted octanol–water partition coefficient (Wildman–Crippen LogP) is 0.933. The van der Waals surface area contributed by atoms with Gasteiger partial charge in [0.05, 0.1) is 6.20 Å². The molecule has 1 aromatic heterocycles. The molecule has 3 nitrogen and oxygen atoms in total. The maximum absolute atomic E-state index is 4.20. The van der Waals surface area contributed by atoms with Crippen LogP contribution in [0.3, 0.4) is 0 Å². The molecule has 58 valence electrons. The van der Waals surface area contributed by atoms with Crippen LogP contribution in [-0.2, 0) is 0 Å². The smallest absolute Gasteiger partial charge is 0.147 e. The summed E-state index contributed by atoms with van der Waals surface area (Å²) in [5.41, 5.74) is 0. The Labute approximate surface area is 66.1 Å². The number of hydrogen-bond donors (Lipinski definition) is 0. The second-order valence-corrected chi connectivity index (χ2v) is 3.07. The van der Waals surface area contributed by atoms with Crippen LogP contribution in [0.1, 0.15) is 6.92 Å². The van der Waals surface area contributed by atoms with E-state index in [4.69, 9.17) is 0 Å². The molecular weight excluding hydrogens is 138 g/mol. The second kappa shape index (κ2) is 2.49. The largest absolute Gasteiger partial charge is 0.355 e. The van der Waals surface area contributed by atoms with Crippen LogP contribution in [-0.4, -0.2) is 23.1 Å². The second-order valence-electron chi connectivity index (χ2n) is 3.07. The molecular formula is C8H11N3. The molecule has 0 aliphatic carbocycles. The van der Waals surface area contributed by atoms with Gasteiger partial charge in [-0.15, -0.1) is 0 Å². The quantitative estimate of drug-likeness (QED) is 0.595. The molecule has 0 N–H and O–H groups in total. The highest BCUT2D eigenvalue weighted by atomic mass is 15.2. The first-order valence-corrected chi connectivity index (χ1v) is 3.87. The van der Waals surface area contributed by atoms with Crippen LogP contribution in [0.15, 0.2) is 18.6 Å². The lowest BCUT2D eigenvalue weighted by Gasteiger charge is -2.37. The normalized spacial score (nSPS) is 18.1. The predicted molar refractivity (Wildman–Crippen MR) is 43.4 cm³/mol. The van der Waals surface area contributed by atoms with E-state index >= 15 is 0 Å². The van der Waals surface area contributed by atoms with E-state index < -0.39 is 0 Å². The van der Waals surface area contributed by atoms with Gasteiger partial charge in [0.15, 0.2) is 0 Å². The van der Waals surface area contributed by atoms with Gasteiger partial charge in [0.1, 0.15) is 5.82 Å². The summed E-state index contributed by atoms with van der Waals surface area (Å²) in [4.78, 5) is 10.4. The molecule has 0 spiro atoms. The summed E-state index contributed by atoms with van der Waals surface area (Å²) in [7, 11) is 0. The fourth-order valence-electron chi connectivity index (χ4n) is 1.34. The summed E-state index contributed by atoms with van der Waals surface area (Å²) in [5.74, 6) is 1.82. The van der Waals surface area contributed by atoms with Crippen LogP contribution in [0.2, 0.25) is 0 Å². The number of nitrogens with zero attached hydrogens (tertiary/aromatic N) is 3. The summed E-state index contributed by atoms with van der Waals surface area (Å²) in [5, 5.41) is 0. The number of hydrogen-bond acceptors (Lipinski definition) is 3. The van der Waals surface area contributed by atoms with E-state index in [2.05, 4.69) is 21.8 Å². The Morgan fingerprint density at radius 1 is 1.45 bits per heavy atom. The fourth-order valence-corrected chi connectivity index (χ4v) is 1.34. The van der Waals surface area contributed by atoms with E-state index in [1.54, 1.807) is 12.4 Å². The molecule has 2 rings (SSSR count). The maximum Gasteiger partial charge on any atom is 0.147 e. The van der Waals surface area contributed by atoms with Crippen molar-refractivity contribution in [3.8, 4) is 0 Å². The van der Waals surface area contributed by atoms with Gasteiger partial charge in [-0.2, -0.15) is 0 Å². The van der Waals surface area contributed by atoms with Crippen LogP contribution in [0.25, 0.3) is 0 Å². The molecule has 2 heterocycles. The molecule has 0 unspecified atom stereocenters. The van der Waals surface area contributed by atoms with Gasteiger partial charge in [-0.3, -0.25) is 4.98 Å². The number of anilines is 1. The Balaban J connectivity index is 2.08. The van der Waals surface area contributed by atoms with Gasteiger partial charge in [0, 0.05) is 25.5 Å². The topological polar surface area (TPSA) is 29.0 Å². The van der Waals surface area contributed by atoms with Crippen LogP contribution in [0, 0.1) is 5.92 Å². The lowest BCUT2D eigenvalue weighted by atomic mass is 10.0. The molecule has 1 aliphatic heterocycles. The van der Waals surface area contributed by atoms with Gasteiger partial charge < -0.3 is 4.90 Å². The summed E-state index contributed by atoms with van der Waals surface area (Å²) in [6, 6.07) is 0. The van der Waals surface area contributed by atoms with Gasteiger partial charge in [-0.05, 0) is 5.92 Å². The van der Waals surface area contributed by atoms with Crippen LogP contribution in [0.5, 0.6) is 0 Å². The molecule has 0 amide bonds. The maximum atomic E-state index is 4.20. The SMILES string of the molecule is CC1CN(c2cnccn2)C1. The summed E-state index contributed by atoms with van der Waals surface area (Å²) >= 11 is 0. The van der Waals surface area contributed by atoms with Crippen molar-refractivity contribution in [1.29, 1.82) is 0 Å². The minimum Gasteiger partial charge on any atom is -0.355 e. The summed E-state index contributed by atoms with van der Waals surface area (Å²) < 4.78 is 0. The monoisotopic (exact) mass is 149 g/mol. The van der Waals surface area contributed by atoms with E-state index in [0.717, 1.165) is 24.8 Å². The van der Waals surface area contributed by atoms with Crippen molar-refractivity contribution < 1.29 is 0 Å². The van der Waals surface area contributed by atoms with Gasteiger partial charge in [0.2, 0.25) is 0 Å². The molecule has 11 heavy (non-hydrogen) atoms. The van der Waals surface area contributed by atoms with Crippen molar-refractivity contribution in [2.24, 2.45) is 5.92 Å². The molecule has 0 aromatic carbocycles. The molecule has 3 heteroatoms. The third-order valence-corrected chi connectivity index (χ3v) is 1.94. The Hall–Kier alpha value is -1.12. The van der Waals surface area contributed by atoms with E-state index in [1.807, 2.05) is 6.20 Å². The van der Waals surface area contributed by atoms with E-state index in [9.17, 15) is 0 Å². The van der Waals surface area contributed by atoms with Gasteiger partial charge >= 0.3 is 0 Å².